The van der Waals surface area contributed by atoms with E-state index in [-0.39, 0.29) is 11.7 Å². The summed E-state index contributed by atoms with van der Waals surface area (Å²) in [5, 5.41) is 3.61. The van der Waals surface area contributed by atoms with E-state index >= 15 is 0 Å². The number of hydrogen-bond donors (Lipinski definition) is 1. The second-order valence-electron chi connectivity index (χ2n) is 4.04. The highest BCUT2D eigenvalue weighted by Crippen LogP contribution is 2.18. The lowest BCUT2D eigenvalue weighted by molar-refractivity contribution is -0.139. The van der Waals surface area contributed by atoms with Gasteiger partial charge in [-0.15, -0.1) is 0 Å². The highest BCUT2D eigenvalue weighted by Gasteiger charge is 2.12. The van der Waals surface area contributed by atoms with Crippen molar-refractivity contribution < 1.29 is 9.53 Å². The van der Waals surface area contributed by atoms with Crippen LogP contribution in [0.1, 0.15) is 27.7 Å². The van der Waals surface area contributed by atoms with Gasteiger partial charge in [0, 0.05) is 19.6 Å². The van der Waals surface area contributed by atoms with Crippen molar-refractivity contribution in [1.82, 2.24) is 15.0 Å². The number of nitrogens with zero attached hydrogens (tertiary/aromatic N) is 4. The van der Waals surface area contributed by atoms with Crippen LogP contribution in [0.3, 0.4) is 0 Å². The van der Waals surface area contributed by atoms with E-state index in [1.54, 1.807) is 6.92 Å². The third-order valence-corrected chi connectivity index (χ3v) is 3.43. The molecule has 21 heavy (non-hydrogen) atoms. The molecule has 118 valence electrons. The molecule has 0 saturated heterocycles. The van der Waals surface area contributed by atoms with Crippen LogP contribution in [-0.4, -0.2) is 52.9 Å². The zero-order valence-corrected chi connectivity index (χ0v) is 13.9. The van der Waals surface area contributed by atoms with Gasteiger partial charge in [0.15, 0.2) is 5.16 Å². The Kier molecular flexibility index (Phi) is 7.81. The Labute approximate surface area is 129 Å². The number of aromatic nitrogens is 3. The van der Waals surface area contributed by atoms with Gasteiger partial charge in [-0.2, -0.15) is 15.0 Å². The minimum atomic E-state index is -0.266. The quantitative estimate of drug-likeness (QED) is 0.546. The van der Waals surface area contributed by atoms with Crippen LogP contribution in [0, 0.1) is 0 Å². The van der Waals surface area contributed by atoms with E-state index in [0.29, 0.717) is 23.7 Å². The maximum Gasteiger partial charge on any atom is 0.316 e. The first-order chi connectivity index (χ1) is 10.1. The molecule has 1 rings (SSSR count). The normalized spacial score (nSPS) is 10.3. The zero-order valence-electron chi connectivity index (χ0n) is 13.0. The summed E-state index contributed by atoms with van der Waals surface area (Å²) in [6, 6.07) is 0. The average Bonchev–Trinajstić information content (AvgIpc) is 2.47. The van der Waals surface area contributed by atoms with Crippen molar-refractivity contribution in [3.05, 3.63) is 0 Å². The Morgan fingerprint density at radius 1 is 1.19 bits per heavy atom. The molecule has 0 aliphatic heterocycles. The number of thioether (sulfide) groups is 1. The van der Waals surface area contributed by atoms with E-state index in [0.717, 1.165) is 19.6 Å². The van der Waals surface area contributed by atoms with Crippen molar-refractivity contribution in [2.24, 2.45) is 0 Å². The minimum absolute atomic E-state index is 0.196. The van der Waals surface area contributed by atoms with Gasteiger partial charge in [-0.3, -0.25) is 4.79 Å². The van der Waals surface area contributed by atoms with E-state index in [2.05, 4.69) is 20.3 Å². The Hall–Kier alpha value is -1.57. The van der Waals surface area contributed by atoms with Crippen LogP contribution in [0.2, 0.25) is 0 Å². The van der Waals surface area contributed by atoms with Crippen molar-refractivity contribution in [3.8, 4) is 0 Å². The summed E-state index contributed by atoms with van der Waals surface area (Å²) in [6.07, 6.45) is 0. The molecular formula is C13H23N5O2S. The van der Waals surface area contributed by atoms with Gasteiger partial charge in [0.05, 0.1) is 12.4 Å². The topological polar surface area (TPSA) is 80.2 Å². The van der Waals surface area contributed by atoms with Gasteiger partial charge in [0.1, 0.15) is 0 Å². The van der Waals surface area contributed by atoms with E-state index in [1.807, 2.05) is 25.7 Å². The molecule has 0 bridgehead atoms. The molecule has 7 nitrogen and oxygen atoms in total. The summed E-state index contributed by atoms with van der Waals surface area (Å²) in [4.78, 5) is 26.6. The van der Waals surface area contributed by atoms with Crippen molar-refractivity contribution in [3.63, 3.8) is 0 Å². The summed E-state index contributed by atoms with van der Waals surface area (Å²) in [7, 11) is 0. The smallest absolute Gasteiger partial charge is 0.316 e. The molecule has 0 saturated carbocycles. The van der Waals surface area contributed by atoms with Crippen molar-refractivity contribution in [2.75, 3.05) is 42.2 Å². The van der Waals surface area contributed by atoms with Gasteiger partial charge in [0.25, 0.3) is 0 Å². The third kappa shape index (κ3) is 5.74. The van der Waals surface area contributed by atoms with Crippen molar-refractivity contribution >= 4 is 29.6 Å². The Balaban J connectivity index is 2.88. The molecule has 0 amide bonds. The van der Waals surface area contributed by atoms with Gasteiger partial charge in [-0.25, -0.2) is 0 Å². The molecule has 8 heteroatoms. The van der Waals surface area contributed by atoms with Crippen LogP contribution in [-0.2, 0) is 9.53 Å². The van der Waals surface area contributed by atoms with Gasteiger partial charge >= 0.3 is 5.97 Å². The molecule has 1 aromatic rings. The summed E-state index contributed by atoms with van der Waals surface area (Å²) in [5.41, 5.74) is 0. The molecule has 0 unspecified atom stereocenters. The van der Waals surface area contributed by atoms with E-state index < -0.39 is 0 Å². The zero-order chi connectivity index (χ0) is 15.7. The second kappa shape index (κ2) is 9.38. The molecule has 0 radical (unpaired) electrons. The average molecular weight is 313 g/mol. The molecule has 1 aromatic heterocycles. The number of ether oxygens (including phenoxy) is 1. The second-order valence-corrected chi connectivity index (χ2v) is 4.98. The molecular weight excluding hydrogens is 290 g/mol. The van der Waals surface area contributed by atoms with Crippen LogP contribution in [0.25, 0.3) is 0 Å². The summed E-state index contributed by atoms with van der Waals surface area (Å²) in [6.45, 7) is 10.6. The molecule has 0 aromatic carbocycles. The predicted molar refractivity (Wildman–Crippen MR) is 84.9 cm³/mol. The Bertz CT molecular complexity index is 454. The molecule has 0 spiro atoms. The summed E-state index contributed by atoms with van der Waals surface area (Å²) >= 11 is 1.26. The fraction of sp³-hybridized carbons (Fsp3) is 0.692. The number of anilines is 2. The Morgan fingerprint density at radius 3 is 2.48 bits per heavy atom. The maximum absolute atomic E-state index is 11.4. The number of esters is 1. The van der Waals surface area contributed by atoms with Crippen molar-refractivity contribution in [1.29, 1.82) is 0 Å². The van der Waals surface area contributed by atoms with Crippen LogP contribution in [0.4, 0.5) is 11.9 Å². The number of carbonyl (C=O) groups excluding carboxylic acids is 1. The number of carbonyl (C=O) groups is 1. The monoisotopic (exact) mass is 313 g/mol. The SMILES string of the molecule is CCNc1nc(SCC(=O)OCC)nc(N(CC)CC)n1. The molecule has 0 fully saturated rings. The minimum Gasteiger partial charge on any atom is -0.465 e. The predicted octanol–water partition coefficient (Wildman–Crippen LogP) is 1.80. The van der Waals surface area contributed by atoms with E-state index in [1.165, 1.54) is 11.8 Å². The van der Waals surface area contributed by atoms with Gasteiger partial charge < -0.3 is 15.0 Å². The van der Waals surface area contributed by atoms with E-state index in [9.17, 15) is 4.79 Å². The van der Waals surface area contributed by atoms with E-state index in [4.69, 9.17) is 4.74 Å². The third-order valence-electron chi connectivity index (χ3n) is 2.61. The van der Waals surface area contributed by atoms with Crippen LogP contribution < -0.4 is 10.2 Å². The summed E-state index contributed by atoms with van der Waals surface area (Å²) in [5.74, 6) is 1.08. The largest absolute Gasteiger partial charge is 0.465 e. The van der Waals surface area contributed by atoms with Crippen LogP contribution in [0.5, 0.6) is 0 Å². The fourth-order valence-corrected chi connectivity index (χ4v) is 2.25. The van der Waals surface area contributed by atoms with Gasteiger partial charge in [-0.05, 0) is 27.7 Å². The molecule has 0 aliphatic rings. The highest BCUT2D eigenvalue weighted by molar-refractivity contribution is 7.99. The number of hydrogen-bond acceptors (Lipinski definition) is 8. The molecule has 0 atom stereocenters. The maximum atomic E-state index is 11.4. The molecule has 1 N–H and O–H groups in total. The summed E-state index contributed by atoms with van der Waals surface area (Å²) < 4.78 is 4.90. The first kappa shape index (κ1) is 17.5. The number of nitrogens with one attached hydrogen (secondary N) is 1. The van der Waals surface area contributed by atoms with Crippen LogP contribution in [0.15, 0.2) is 5.16 Å². The first-order valence-electron chi connectivity index (χ1n) is 7.17. The standard InChI is InChI=1S/C13H23N5O2S/c1-5-14-11-15-12(18(6-2)7-3)17-13(16-11)21-9-10(19)20-8-4/h5-9H2,1-4H3,(H,14,15,16,17). The van der Waals surface area contributed by atoms with Crippen LogP contribution >= 0.6 is 11.8 Å². The lowest BCUT2D eigenvalue weighted by Gasteiger charge is -2.19. The Morgan fingerprint density at radius 2 is 1.90 bits per heavy atom. The van der Waals surface area contributed by atoms with Gasteiger partial charge in [-0.1, -0.05) is 11.8 Å². The molecule has 1 heterocycles. The van der Waals surface area contributed by atoms with Gasteiger partial charge in [0.2, 0.25) is 11.9 Å². The number of rotatable bonds is 9. The fourth-order valence-electron chi connectivity index (χ4n) is 1.62. The first-order valence-corrected chi connectivity index (χ1v) is 8.16. The lowest BCUT2D eigenvalue weighted by Crippen LogP contribution is -2.25. The molecule has 0 aliphatic carbocycles. The van der Waals surface area contributed by atoms with Crippen molar-refractivity contribution in [2.45, 2.75) is 32.9 Å². The lowest BCUT2D eigenvalue weighted by atomic mass is 10.5. The highest BCUT2D eigenvalue weighted by atomic mass is 32.2.